The third kappa shape index (κ3) is 3.54. The lowest BCUT2D eigenvalue weighted by atomic mass is 10.1. The molecule has 0 saturated carbocycles. The van der Waals surface area contributed by atoms with Gasteiger partial charge in [0.15, 0.2) is 0 Å². The molecule has 0 spiro atoms. The minimum absolute atomic E-state index is 0.0386. The maximum Gasteiger partial charge on any atom is 0.272 e. The molecule has 1 aromatic rings. The summed E-state index contributed by atoms with van der Waals surface area (Å²) in [6.45, 7) is 3.31. The molecule has 1 atom stereocenters. The van der Waals surface area contributed by atoms with Crippen molar-refractivity contribution in [1.29, 1.82) is 0 Å². The van der Waals surface area contributed by atoms with Crippen LogP contribution in [0.2, 0.25) is 0 Å². The van der Waals surface area contributed by atoms with Gasteiger partial charge in [-0.2, -0.15) is 0 Å². The average Bonchev–Trinajstić information content (AvgIpc) is 2.91. The molecule has 108 valence electrons. The zero-order valence-electron chi connectivity index (χ0n) is 11.5. The number of rotatable bonds is 5. The van der Waals surface area contributed by atoms with Gasteiger partial charge in [0.05, 0.1) is 4.92 Å². The van der Waals surface area contributed by atoms with E-state index < -0.39 is 4.92 Å². The second-order valence-electron chi connectivity index (χ2n) is 5.10. The minimum atomic E-state index is -0.442. The van der Waals surface area contributed by atoms with Crippen LogP contribution in [0.25, 0.3) is 0 Å². The molecule has 0 radical (unpaired) electrons. The van der Waals surface area contributed by atoms with E-state index in [-0.39, 0.29) is 11.6 Å². The van der Waals surface area contributed by atoms with Crippen molar-refractivity contribution in [2.24, 2.45) is 0 Å². The molecule has 1 heterocycles. The highest BCUT2D eigenvalue weighted by Gasteiger charge is 2.15. The first-order chi connectivity index (χ1) is 9.58. The van der Waals surface area contributed by atoms with Crippen LogP contribution in [-0.2, 0) is 0 Å². The normalized spacial score (nSPS) is 17.9. The number of aryl methyl sites for hydroxylation is 1. The van der Waals surface area contributed by atoms with Crippen molar-refractivity contribution in [2.75, 3.05) is 13.1 Å². The van der Waals surface area contributed by atoms with E-state index in [0.29, 0.717) is 23.7 Å². The predicted octanol–water partition coefficient (Wildman–Crippen LogP) is 1.78. The lowest BCUT2D eigenvalue weighted by Gasteiger charge is -2.11. The molecule has 1 fully saturated rings. The largest absolute Gasteiger partial charge is 0.352 e. The number of amides is 1. The van der Waals surface area contributed by atoms with Crippen molar-refractivity contribution in [3.63, 3.8) is 0 Å². The smallest absolute Gasteiger partial charge is 0.272 e. The second-order valence-corrected chi connectivity index (χ2v) is 5.10. The van der Waals surface area contributed by atoms with Crippen LogP contribution in [0.5, 0.6) is 0 Å². The molecule has 0 unspecified atom stereocenters. The Balaban J connectivity index is 1.88. The van der Waals surface area contributed by atoms with E-state index in [2.05, 4.69) is 10.6 Å². The topological polar surface area (TPSA) is 84.3 Å². The summed E-state index contributed by atoms with van der Waals surface area (Å²) in [4.78, 5) is 22.2. The first kappa shape index (κ1) is 14.5. The predicted molar refractivity (Wildman–Crippen MR) is 75.8 cm³/mol. The Bertz CT molecular complexity index is 510. The molecule has 6 nitrogen and oxygen atoms in total. The van der Waals surface area contributed by atoms with Crippen molar-refractivity contribution in [2.45, 2.75) is 32.2 Å². The van der Waals surface area contributed by atoms with Crippen molar-refractivity contribution < 1.29 is 9.72 Å². The quantitative estimate of drug-likeness (QED) is 0.634. The fourth-order valence-corrected chi connectivity index (χ4v) is 2.47. The third-order valence-corrected chi connectivity index (χ3v) is 3.60. The fourth-order valence-electron chi connectivity index (χ4n) is 2.47. The van der Waals surface area contributed by atoms with E-state index in [4.69, 9.17) is 0 Å². The van der Waals surface area contributed by atoms with Gasteiger partial charge in [0.25, 0.3) is 11.6 Å². The van der Waals surface area contributed by atoms with E-state index >= 15 is 0 Å². The van der Waals surface area contributed by atoms with Crippen molar-refractivity contribution >= 4 is 11.6 Å². The summed E-state index contributed by atoms with van der Waals surface area (Å²) >= 11 is 0. The van der Waals surface area contributed by atoms with Crippen LogP contribution in [0.3, 0.4) is 0 Å². The Morgan fingerprint density at radius 1 is 1.55 bits per heavy atom. The first-order valence-electron chi connectivity index (χ1n) is 6.84. The minimum Gasteiger partial charge on any atom is -0.352 e. The zero-order valence-corrected chi connectivity index (χ0v) is 11.5. The molecule has 1 aliphatic heterocycles. The molecule has 2 rings (SSSR count). The molecule has 0 bridgehead atoms. The van der Waals surface area contributed by atoms with E-state index in [9.17, 15) is 14.9 Å². The summed E-state index contributed by atoms with van der Waals surface area (Å²) in [5.74, 6) is -0.180. The summed E-state index contributed by atoms with van der Waals surface area (Å²) in [7, 11) is 0. The van der Waals surface area contributed by atoms with Crippen molar-refractivity contribution in [1.82, 2.24) is 10.6 Å². The molecule has 0 aliphatic carbocycles. The van der Waals surface area contributed by atoms with E-state index in [1.54, 1.807) is 13.0 Å². The maximum absolute atomic E-state index is 12.0. The Morgan fingerprint density at radius 3 is 2.95 bits per heavy atom. The van der Waals surface area contributed by atoms with Gasteiger partial charge in [0.2, 0.25) is 0 Å². The average molecular weight is 277 g/mol. The van der Waals surface area contributed by atoms with Crippen LogP contribution in [0.4, 0.5) is 5.69 Å². The Hall–Kier alpha value is -1.95. The monoisotopic (exact) mass is 277 g/mol. The lowest BCUT2D eigenvalue weighted by molar-refractivity contribution is -0.385. The van der Waals surface area contributed by atoms with Crippen LogP contribution >= 0.6 is 0 Å². The summed E-state index contributed by atoms with van der Waals surface area (Å²) in [6, 6.07) is 4.92. The van der Waals surface area contributed by atoms with Crippen LogP contribution in [0.1, 0.15) is 35.2 Å². The van der Waals surface area contributed by atoms with Crippen LogP contribution in [0.15, 0.2) is 18.2 Å². The molecule has 20 heavy (non-hydrogen) atoms. The Kier molecular flexibility index (Phi) is 4.68. The van der Waals surface area contributed by atoms with Crippen LogP contribution in [0, 0.1) is 17.0 Å². The first-order valence-corrected chi connectivity index (χ1v) is 6.84. The van der Waals surface area contributed by atoms with Gasteiger partial charge in [-0.05, 0) is 44.9 Å². The fraction of sp³-hybridized carbons (Fsp3) is 0.500. The third-order valence-electron chi connectivity index (χ3n) is 3.60. The molecule has 2 N–H and O–H groups in total. The number of nitrogens with zero attached hydrogens (tertiary/aromatic N) is 1. The lowest BCUT2D eigenvalue weighted by Crippen LogP contribution is -2.30. The molecule has 6 heteroatoms. The molecule has 0 aromatic heterocycles. The number of carbonyl (C=O) groups is 1. The zero-order chi connectivity index (χ0) is 14.5. The van der Waals surface area contributed by atoms with Crippen LogP contribution in [-0.4, -0.2) is 30.0 Å². The van der Waals surface area contributed by atoms with Gasteiger partial charge in [0, 0.05) is 29.8 Å². The molecule has 1 saturated heterocycles. The summed E-state index contributed by atoms with van der Waals surface area (Å²) in [5, 5.41) is 16.9. The van der Waals surface area contributed by atoms with E-state index in [1.165, 1.54) is 18.6 Å². The Morgan fingerprint density at radius 2 is 2.35 bits per heavy atom. The Labute approximate surface area is 117 Å². The highest BCUT2D eigenvalue weighted by Crippen LogP contribution is 2.18. The van der Waals surface area contributed by atoms with Gasteiger partial charge in [-0.3, -0.25) is 14.9 Å². The summed E-state index contributed by atoms with van der Waals surface area (Å²) < 4.78 is 0. The van der Waals surface area contributed by atoms with Crippen molar-refractivity contribution in [3.8, 4) is 0 Å². The highest BCUT2D eigenvalue weighted by molar-refractivity contribution is 5.94. The number of benzene rings is 1. The number of nitro groups is 1. The highest BCUT2D eigenvalue weighted by atomic mass is 16.6. The number of nitrogens with one attached hydrogen (secondary N) is 2. The number of nitro benzene ring substituents is 1. The molecule has 1 amide bonds. The van der Waals surface area contributed by atoms with Gasteiger partial charge in [0.1, 0.15) is 0 Å². The van der Waals surface area contributed by atoms with Gasteiger partial charge in [-0.25, -0.2) is 0 Å². The number of carbonyl (C=O) groups excluding carboxylic acids is 1. The SMILES string of the molecule is Cc1cc(C(=O)NCC[C@@H]2CCCN2)ccc1[N+](=O)[O-]. The van der Waals surface area contributed by atoms with Crippen molar-refractivity contribution in [3.05, 3.63) is 39.4 Å². The van der Waals surface area contributed by atoms with Crippen LogP contribution < -0.4 is 10.6 Å². The maximum atomic E-state index is 12.0. The summed E-state index contributed by atoms with van der Waals surface area (Å²) in [5.41, 5.74) is 1.00. The van der Waals surface area contributed by atoms with Gasteiger partial charge >= 0.3 is 0 Å². The molecular weight excluding hydrogens is 258 g/mol. The van der Waals surface area contributed by atoms with E-state index in [0.717, 1.165) is 19.4 Å². The van der Waals surface area contributed by atoms with Gasteiger partial charge in [-0.1, -0.05) is 0 Å². The standard InChI is InChI=1S/C14H19N3O3/c1-10-9-11(4-5-13(10)17(19)20)14(18)16-8-6-12-3-2-7-15-12/h4-5,9,12,15H,2-3,6-8H2,1H3,(H,16,18)/t12-/m0/s1. The molecule has 1 aromatic carbocycles. The van der Waals surface area contributed by atoms with E-state index in [1.807, 2.05) is 0 Å². The number of hydrogen-bond acceptors (Lipinski definition) is 4. The second kappa shape index (κ2) is 6.47. The summed E-state index contributed by atoms with van der Waals surface area (Å²) in [6.07, 6.45) is 3.27. The molecule has 1 aliphatic rings. The van der Waals surface area contributed by atoms with Gasteiger partial charge < -0.3 is 10.6 Å². The molecular formula is C14H19N3O3. The van der Waals surface area contributed by atoms with Gasteiger partial charge in [-0.15, -0.1) is 0 Å². The number of hydrogen-bond donors (Lipinski definition) is 2.